The number of alkyl halides is 3. The highest BCUT2D eigenvalue weighted by Crippen LogP contribution is 2.38. The molecule has 0 saturated heterocycles. The molecule has 6 heteroatoms. The third-order valence-electron chi connectivity index (χ3n) is 4.08. The molecule has 0 radical (unpaired) electrons. The Hall–Kier alpha value is -1.27. The number of benzene rings is 1. The van der Waals surface area contributed by atoms with Gasteiger partial charge in [-0.25, -0.2) is 0 Å². The number of aliphatic hydroxyl groups is 1. The zero-order chi connectivity index (χ0) is 15.7. The molecule has 1 aliphatic rings. The second-order valence-corrected chi connectivity index (χ2v) is 5.84. The molecule has 0 unspecified atom stereocenters. The molecule has 0 atom stereocenters. The summed E-state index contributed by atoms with van der Waals surface area (Å²) in [5, 5.41) is 10.4. The Balaban J connectivity index is 2.29. The molecule has 0 aliphatic heterocycles. The van der Waals surface area contributed by atoms with Gasteiger partial charge in [0, 0.05) is 25.8 Å². The first kappa shape index (κ1) is 16.1. The van der Waals surface area contributed by atoms with Crippen LogP contribution >= 0.6 is 0 Å². The van der Waals surface area contributed by atoms with Gasteiger partial charge in [-0.2, -0.15) is 13.2 Å². The Morgan fingerprint density at radius 2 is 1.90 bits per heavy atom. The molecule has 1 aromatic carbocycles. The quantitative estimate of drug-likeness (QED) is 0.899. The molecular weight excluding hydrogens is 281 g/mol. The average Bonchev–Trinajstić information content (AvgIpc) is 2.83. The number of rotatable bonds is 4. The van der Waals surface area contributed by atoms with E-state index in [1.807, 2.05) is 0 Å². The van der Waals surface area contributed by atoms with Gasteiger partial charge < -0.3 is 15.7 Å². The van der Waals surface area contributed by atoms with Gasteiger partial charge in [0.05, 0.1) is 11.2 Å². The van der Waals surface area contributed by atoms with Crippen molar-refractivity contribution in [1.29, 1.82) is 0 Å². The normalized spacial score (nSPS) is 18.0. The van der Waals surface area contributed by atoms with E-state index >= 15 is 0 Å². The van der Waals surface area contributed by atoms with Crippen LogP contribution in [0.5, 0.6) is 0 Å². The Labute approximate surface area is 122 Å². The predicted octanol–water partition coefficient (Wildman–Crippen LogP) is 2.91. The van der Waals surface area contributed by atoms with Crippen molar-refractivity contribution in [1.82, 2.24) is 0 Å². The summed E-state index contributed by atoms with van der Waals surface area (Å²) in [5.41, 5.74) is 4.36. The first-order chi connectivity index (χ1) is 9.75. The highest BCUT2D eigenvalue weighted by atomic mass is 19.4. The Kier molecular flexibility index (Phi) is 4.49. The summed E-state index contributed by atoms with van der Waals surface area (Å²) < 4.78 is 39.6. The van der Waals surface area contributed by atoms with Gasteiger partial charge in [-0.1, -0.05) is 18.9 Å². The van der Waals surface area contributed by atoms with Crippen molar-refractivity contribution in [3.05, 3.63) is 29.3 Å². The van der Waals surface area contributed by atoms with E-state index in [0.29, 0.717) is 18.4 Å². The maximum absolute atomic E-state index is 13.2. The molecule has 118 valence electrons. The van der Waals surface area contributed by atoms with Crippen LogP contribution in [0, 0.1) is 0 Å². The van der Waals surface area contributed by atoms with Crippen LogP contribution in [-0.2, 0) is 12.7 Å². The van der Waals surface area contributed by atoms with Crippen molar-refractivity contribution in [2.45, 2.75) is 44.0 Å². The fourth-order valence-electron chi connectivity index (χ4n) is 2.99. The van der Waals surface area contributed by atoms with Crippen molar-refractivity contribution in [3.8, 4) is 0 Å². The van der Waals surface area contributed by atoms with Gasteiger partial charge in [-0.05, 0) is 30.5 Å². The largest absolute Gasteiger partial charge is 0.418 e. The van der Waals surface area contributed by atoms with E-state index in [2.05, 4.69) is 0 Å². The molecule has 2 rings (SSSR count). The van der Waals surface area contributed by atoms with Crippen LogP contribution in [-0.4, -0.2) is 24.3 Å². The minimum atomic E-state index is -4.44. The first-order valence-electron chi connectivity index (χ1n) is 7.09. The standard InChI is InChI=1S/C15H21F3N2O/c1-20(10-14(21)6-2-3-7-14)13-5-4-11(9-19)8-12(13)15(16,17)18/h4-5,8,21H,2-3,6-7,9-10,19H2,1H3. The average molecular weight is 302 g/mol. The van der Waals surface area contributed by atoms with Gasteiger partial charge in [0.2, 0.25) is 0 Å². The number of anilines is 1. The summed E-state index contributed by atoms with van der Waals surface area (Å²) >= 11 is 0. The van der Waals surface area contributed by atoms with E-state index in [-0.39, 0.29) is 18.8 Å². The summed E-state index contributed by atoms with van der Waals surface area (Å²) in [7, 11) is 1.59. The lowest BCUT2D eigenvalue weighted by atomic mass is 10.0. The maximum Gasteiger partial charge on any atom is 0.418 e. The molecule has 0 amide bonds. The number of likely N-dealkylation sites (N-methyl/N-ethyl adjacent to an activating group) is 1. The zero-order valence-corrected chi connectivity index (χ0v) is 12.1. The molecule has 3 nitrogen and oxygen atoms in total. The van der Waals surface area contributed by atoms with Crippen LogP contribution in [0.1, 0.15) is 36.8 Å². The summed E-state index contributed by atoms with van der Waals surface area (Å²) in [6.07, 6.45) is -1.32. The number of nitrogens with zero attached hydrogens (tertiary/aromatic N) is 1. The first-order valence-corrected chi connectivity index (χ1v) is 7.09. The minimum absolute atomic E-state index is 0.0665. The Bertz CT molecular complexity index is 496. The molecule has 3 N–H and O–H groups in total. The number of nitrogens with two attached hydrogens (primary N) is 1. The summed E-state index contributed by atoms with van der Waals surface area (Å²) in [6.45, 7) is 0.273. The molecule has 0 spiro atoms. The number of hydrogen-bond acceptors (Lipinski definition) is 3. The molecule has 1 fully saturated rings. The summed E-state index contributed by atoms with van der Waals surface area (Å²) in [5.74, 6) is 0. The van der Waals surface area contributed by atoms with E-state index in [1.165, 1.54) is 11.0 Å². The molecule has 1 saturated carbocycles. The molecule has 1 aromatic rings. The van der Waals surface area contributed by atoms with Gasteiger partial charge in [-0.15, -0.1) is 0 Å². The SMILES string of the molecule is CN(CC1(O)CCCC1)c1ccc(CN)cc1C(F)(F)F. The zero-order valence-electron chi connectivity index (χ0n) is 12.1. The van der Waals surface area contributed by atoms with Crippen molar-refractivity contribution in [2.24, 2.45) is 5.73 Å². The van der Waals surface area contributed by atoms with Gasteiger partial charge in [0.15, 0.2) is 0 Å². The fraction of sp³-hybridized carbons (Fsp3) is 0.600. The summed E-state index contributed by atoms with van der Waals surface area (Å²) in [6, 6.07) is 4.12. The third-order valence-corrected chi connectivity index (χ3v) is 4.08. The molecule has 0 heterocycles. The molecule has 21 heavy (non-hydrogen) atoms. The van der Waals surface area contributed by atoms with Gasteiger partial charge in [0.1, 0.15) is 0 Å². The van der Waals surface area contributed by atoms with Crippen LogP contribution in [0.15, 0.2) is 18.2 Å². The summed E-state index contributed by atoms with van der Waals surface area (Å²) in [4.78, 5) is 1.49. The topological polar surface area (TPSA) is 49.5 Å². The molecular formula is C15H21F3N2O. The Morgan fingerprint density at radius 1 is 1.29 bits per heavy atom. The maximum atomic E-state index is 13.2. The van der Waals surface area contributed by atoms with Crippen molar-refractivity contribution in [2.75, 3.05) is 18.5 Å². The highest BCUT2D eigenvalue weighted by Gasteiger charge is 2.37. The molecule has 1 aliphatic carbocycles. The van der Waals surface area contributed by atoms with E-state index in [4.69, 9.17) is 5.73 Å². The van der Waals surface area contributed by atoms with Gasteiger partial charge >= 0.3 is 6.18 Å². The molecule has 0 aromatic heterocycles. The van der Waals surface area contributed by atoms with E-state index in [0.717, 1.165) is 18.9 Å². The lowest BCUT2D eigenvalue weighted by Gasteiger charge is -2.31. The van der Waals surface area contributed by atoms with E-state index in [9.17, 15) is 18.3 Å². The van der Waals surface area contributed by atoms with Crippen LogP contribution in [0.3, 0.4) is 0 Å². The van der Waals surface area contributed by atoms with Gasteiger partial charge in [0.25, 0.3) is 0 Å². The third kappa shape index (κ3) is 3.68. The van der Waals surface area contributed by atoms with Crippen LogP contribution in [0.4, 0.5) is 18.9 Å². The second kappa shape index (κ2) is 5.85. The smallest absolute Gasteiger partial charge is 0.388 e. The lowest BCUT2D eigenvalue weighted by Crippen LogP contribution is -2.39. The monoisotopic (exact) mass is 302 g/mol. The fourth-order valence-corrected chi connectivity index (χ4v) is 2.99. The van der Waals surface area contributed by atoms with E-state index < -0.39 is 17.3 Å². The second-order valence-electron chi connectivity index (χ2n) is 5.84. The molecule has 0 bridgehead atoms. The Morgan fingerprint density at radius 3 is 2.43 bits per heavy atom. The van der Waals surface area contributed by atoms with Crippen molar-refractivity contribution in [3.63, 3.8) is 0 Å². The van der Waals surface area contributed by atoms with Gasteiger partial charge in [-0.3, -0.25) is 0 Å². The number of hydrogen-bond donors (Lipinski definition) is 2. The van der Waals surface area contributed by atoms with Crippen LogP contribution in [0.2, 0.25) is 0 Å². The predicted molar refractivity (Wildman–Crippen MR) is 76.0 cm³/mol. The van der Waals surface area contributed by atoms with Crippen molar-refractivity contribution >= 4 is 5.69 Å². The number of halogens is 3. The minimum Gasteiger partial charge on any atom is -0.388 e. The van der Waals surface area contributed by atoms with Crippen molar-refractivity contribution < 1.29 is 18.3 Å². The van der Waals surface area contributed by atoms with Crippen LogP contribution < -0.4 is 10.6 Å². The lowest BCUT2D eigenvalue weighted by molar-refractivity contribution is -0.137. The van der Waals surface area contributed by atoms with Crippen LogP contribution in [0.25, 0.3) is 0 Å². The van der Waals surface area contributed by atoms with E-state index in [1.54, 1.807) is 13.1 Å². The highest BCUT2D eigenvalue weighted by molar-refractivity contribution is 5.56.